The van der Waals surface area contributed by atoms with E-state index in [1.165, 1.54) is 0 Å². The summed E-state index contributed by atoms with van der Waals surface area (Å²) in [5.74, 6) is -0.0605. The molecule has 1 aliphatic rings. The van der Waals surface area contributed by atoms with Gasteiger partial charge in [0.2, 0.25) is 5.91 Å². The van der Waals surface area contributed by atoms with Crippen LogP contribution in [-0.2, 0) is 11.3 Å². The molecule has 1 saturated carbocycles. The highest BCUT2D eigenvalue weighted by molar-refractivity contribution is 7.09. The van der Waals surface area contributed by atoms with Gasteiger partial charge in [0.15, 0.2) is 0 Å². The largest absolute Gasteiger partial charge is 0.392 e. The minimum atomic E-state index is -0.462. The third kappa shape index (κ3) is 3.28. The van der Waals surface area contributed by atoms with E-state index in [2.05, 4.69) is 10.3 Å². The van der Waals surface area contributed by atoms with E-state index in [0.29, 0.717) is 25.8 Å². The van der Waals surface area contributed by atoms with Crippen molar-refractivity contribution < 1.29 is 9.90 Å². The number of rotatable bonds is 3. The predicted octanol–water partition coefficient (Wildman–Crippen LogP) is 0.556. The number of aliphatic hydroxyl groups excluding tert-OH is 1. The van der Waals surface area contributed by atoms with Gasteiger partial charge in [-0.2, -0.15) is 0 Å². The first kappa shape index (κ1) is 13.5. The maximum atomic E-state index is 12.0. The summed E-state index contributed by atoms with van der Waals surface area (Å²) in [7, 11) is 0. The van der Waals surface area contributed by atoms with Crippen molar-refractivity contribution in [1.82, 2.24) is 10.3 Å². The Kier molecular flexibility index (Phi) is 4.31. The summed E-state index contributed by atoms with van der Waals surface area (Å²) in [6, 6.07) is -0.281. The number of aryl methyl sites for hydroxylation is 1. The minimum Gasteiger partial charge on any atom is -0.392 e. The number of aromatic nitrogens is 1. The maximum absolute atomic E-state index is 12.0. The third-order valence-electron chi connectivity index (χ3n) is 3.31. The van der Waals surface area contributed by atoms with E-state index < -0.39 is 6.10 Å². The number of nitrogens with two attached hydrogens (primary N) is 1. The van der Waals surface area contributed by atoms with Crippen LogP contribution in [0, 0.1) is 12.8 Å². The number of amides is 1. The number of hydrogen-bond acceptors (Lipinski definition) is 5. The summed E-state index contributed by atoms with van der Waals surface area (Å²) in [6.45, 7) is 2.41. The Morgan fingerprint density at radius 3 is 3.06 bits per heavy atom. The van der Waals surface area contributed by atoms with E-state index in [0.717, 1.165) is 10.7 Å². The highest BCUT2D eigenvalue weighted by Gasteiger charge is 2.30. The first-order valence-corrected chi connectivity index (χ1v) is 7.06. The fraction of sp³-hybridized carbons (Fsp3) is 0.667. The third-order valence-corrected chi connectivity index (χ3v) is 4.28. The van der Waals surface area contributed by atoms with Crippen LogP contribution in [0.2, 0.25) is 0 Å². The topological polar surface area (TPSA) is 88.2 Å². The molecule has 5 nitrogen and oxygen atoms in total. The lowest BCUT2D eigenvalue weighted by Gasteiger charge is -2.29. The zero-order valence-corrected chi connectivity index (χ0v) is 11.2. The Labute approximate surface area is 110 Å². The lowest BCUT2D eigenvalue weighted by molar-refractivity contribution is -0.127. The normalized spacial score (nSPS) is 28.1. The van der Waals surface area contributed by atoms with Crippen LogP contribution in [0.4, 0.5) is 0 Å². The molecule has 0 bridgehead atoms. The van der Waals surface area contributed by atoms with Crippen LogP contribution in [0.25, 0.3) is 0 Å². The van der Waals surface area contributed by atoms with Crippen molar-refractivity contribution in [2.24, 2.45) is 11.7 Å². The highest BCUT2D eigenvalue weighted by Crippen LogP contribution is 2.23. The van der Waals surface area contributed by atoms with Crippen molar-refractivity contribution in [2.45, 2.75) is 44.9 Å². The second kappa shape index (κ2) is 5.77. The molecule has 1 heterocycles. The van der Waals surface area contributed by atoms with Crippen LogP contribution < -0.4 is 11.1 Å². The Bertz CT molecular complexity index is 421. The smallest absolute Gasteiger partial charge is 0.223 e. The molecule has 1 aromatic heterocycles. The molecule has 0 radical (unpaired) electrons. The van der Waals surface area contributed by atoms with E-state index >= 15 is 0 Å². The van der Waals surface area contributed by atoms with Crippen molar-refractivity contribution in [3.05, 3.63) is 16.1 Å². The van der Waals surface area contributed by atoms with Gasteiger partial charge < -0.3 is 16.2 Å². The van der Waals surface area contributed by atoms with Gasteiger partial charge in [-0.25, -0.2) is 4.98 Å². The number of aliphatic hydroxyl groups is 1. The molecular formula is C12H19N3O2S. The van der Waals surface area contributed by atoms with Crippen molar-refractivity contribution in [2.75, 3.05) is 0 Å². The van der Waals surface area contributed by atoms with Gasteiger partial charge in [-0.05, 0) is 26.2 Å². The van der Waals surface area contributed by atoms with Crippen molar-refractivity contribution in [3.63, 3.8) is 0 Å². The molecule has 6 heteroatoms. The molecule has 0 unspecified atom stereocenters. The van der Waals surface area contributed by atoms with Gasteiger partial charge in [0.05, 0.1) is 12.6 Å². The second-order valence-electron chi connectivity index (χ2n) is 4.84. The van der Waals surface area contributed by atoms with Gasteiger partial charge in [0, 0.05) is 23.0 Å². The standard InChI is InChI=1S/C12H19N3O2S/c1-7-6-18-11(15-7)5-14-12(17)8-2-3-10(16)9(13)4-8/h6,8-10,16H,2-5,13H2,1H3,(H,14,17)/t8-,9+,10+/m0/s1. The number of carbonyl (C=O) groups is 1. The molecule has 1 aliphatic carbocycles. The Morgan fingerprint density at radius 1 is 1.67 bits per heavy atom. The number of hydrogen-bond donors (Lipinski definition) is 3. The predicted molar refractivity (Wildman–Crippen MR) is 70.0 cm³/mol. The minimum absolute atomic E-state index is 0.0187. The second-order valence-corrected chi connectivity index (χ2v) is 5.78. The average Bonchev–Trinajstić information content (AvgIpc) is 2.75. The lowest BCUT2D eigenvalue weighted by Crippen LogP contribution is -2.44. The van der Waals surface area contributed by atoms with E-state index in [1.54, 1.807) is 11.3 Å². The summed E-state index contributed by atoms with van der Waals surface area (Å²) < 4.78 is 0. The van der Waals surface area contributed by atoms with E-state index in [-0.39, 0.29) is 17.9 Å². The van der Waals surface area contributed by atoms with E-state index in [1.807, 2.05) is 12.3 Å². The summed E-state index contributed by atoms with van der Waals surface area (Å²) >= 11 is 1.55. The summed E-state index contributed by atoms with van der Waals surface area (Å²) in [5.41, 5.74) is 6.76. The van der Waals surface area contributed by atoms with Gasteiger partial charge in [-0.15, -0.1) is 11.3 Å². The Balaban J connectivity index is 1.81. The van der Waals surface area contributed by atoms with Crippen molar-refractivity contribution in [1.29, 1.82) is 0 Å². The number of thiazole rings is 1. The fourth-order valence-electron chi connectivity index (χ4n) is 2.22. The molecule has 1 aromatic rings. The zero-order valence-electron chi connectivity index (χ0n) is 10.4. The molecule has 0 spiro atoms. The van der Waals surface area contributed by atoms with Gasteiger partial charge in [0.1, 0.15) is 5.01 Å². The first-order chi connectivity index (χ1) is 8.56. The molecule has 100 valence electrons. The molecule has 1 fully saturated rings. The molecule has 3 atom stereocenters. The molecule has 0 saturated heterocycles. The lowest BCUT2D eigenvalue weighted by atomic mass is 9.84. The molecular weight excluding hydrogens is 250 g/mol. The van der Waals surface area contributed by atoms with Crippen LogP contribution >= 0.6 is 11.3 Å². The quantitative estimate of drug-likeness (QED) is 0.748. The van der Waals surface area contributed by atoms with E-state index in [4.69, 9.17) is 5.73 Å². The molecule has 18 heavy (non-hydrogen) atoms. The molecule has 4 N–H and O–H groups in total. The van der Waals surface area contributed by atoms with Crippen LogP contribution in [0.5, 0.6) is 0 Å². The molecule has 0 aromatic carbocycles. The van der Waals surface area contributed by atoms with Crippen LogP contribution in [0.1, 0.15) is 30.0 Å². The van der Waals surface area contributed by atoms with Gasteiger partial charge in [0.25, 0.3) is 0 Å². The highest BCUT2D eigenvalue weighted by atomic mass is 32.1. The average molecular weight is 269 g/mol. The van der Waals surface area contributed by atoms with Gasteiger partial charge in [-0.1, -0.05) is 0 Å². The van der Waals surface area contributed by atoms with Crippen molar-refractivity contribution >= 4 is 17.2 Å². The number of nitrogens with zero attached hydrogens (tertiary/aromatic N) is 1. The summed E-state index contributed by atoms with van der Waals surface area (Å²) in [5, 5.41) is 15.3. The Hall–Kier alpha value is -0.980. The molecule has 0 aliphatic heterocycles. The Morgan fingerprint density at radius 2 is 2.44 bits per heavy atom. The van der Waals surface area contributed by atoms with Gasteiger partial charge in [-0.3, -0.25) is 4.79 Å². The monoisotopic (exact) mass is 269 g/mol. The number of carbonyl (C=O) groups excluding carboxylic acids is 1. The first-order valence-electron chi connectivity index (χ1n) is 6.18. The SMILES string of the molecule is Cc1csc(CNC(=O)[C@H]2CC[C@@H](O)[C@H](N)C2)n1. The fourth-order valence-corrected chi connectivity index (χ4v) is 2.93. The van der Waals surface area contributed by atoms with Crippen LogP contribution in [0.3, 0.4) is 0 Å². The van der Waals surface area contributed by atoms with E-state index in [9.17, 15) is 9.90 Å². The van der Waals surface area contributed by atoms with Crippen LogP contribution in [0.15, 0.2) is 5.38 Å². The summed E-state index contributed by atoms with van der Waals surface area (Å²) in [6.07, 6.45) is 1.41. The number of nitrogens with one attached hydrogen (secondary N) is 1. The van der Waals surface area contributed by atoms with Crippen molar-refractivity contribution in [3.8, 4) is 0 Å². The van der Waals surface area contributed by atoms with Crippen LogP contribution in [-0.4, -0.2) is 28.1 Å². The molecule has 2 rings (SSSR count). The zero-order chi connectivity index (χ0) is 13.1. The van der Waals surface area contributed by atoms with Gasteiger partial charge >= 0.3 is 0 Å². The maximum Gasteiger partial charge on any atom is 0.223 e. The summed E-state index contributed by atoms with van der Waals surface area (Å²) in [4.78, 5) is 16.3. The molecule has 1 amide bonds.